The second-order valence-corrected chi connectivity index (χ2v) is 7.51. The van der Waals surface area contributed by atoms with Gasteiger partial charge < -0.3 is 4.90 Å². The van der Waals surface area contributed by atoms with Gasteiger partial charge >= 0.3 is 0 Å². The van der Waals surface area contributed by atoms with Gasteiger partial charge in [-0.1, -0.05) is 27.7 Å². The summed E-state index contributed by atoms with van der Waals surface area (Å²) in [5, 5.41) is 0. The van der Waals surface area contributed by atoms with Crippen molar-refractivity contribution < 1.29 is 19.4 Å². The van der Waals surface area contributed by atoms with Gasteiger partial charge in [0.05, 0.1) is 5.75 Å². The first kappa shape index (κ1) is 21.0. The van der Waals surface area contributed by atoms with Gasteiger partial charge in [-0.05, 0) is 32.9 Å². The van der Waals surface area contributed by atoms with E-state index >= 15 is 0 Å². The Morgan fingerprint density at radius 2 is 1.73 bits per heavy atom. The van der Waals surface area contributed by atoms with Crippen molar-refractivity contribution in [2.75, 3.05) is 25.4 Å². The molecule has 1 fully saturated rings. The molecule has 0 atom stereocenters. The van der Waals surface area contributed by atoms with E-state index in [2.05, 4.69) is 4.72 Å². The Hall–Kier alpha value is -0.950. The topological polar surface area (TPSA) is 83.6 Å². The summed E-state index contributed by atoms with van der Waals surface area (Å²) in [6, 6.07) is 0. The molecule has 6 nitrogen and oxygen atoms in total. The molecule has 1 heterocycles. The van der Waals surface area contributed by atoms with Crippen LogP contribution in [-0.2, 0) is 19.6 Å². The van der Waals surface area contributed by atoms with Crippen LogP contribution in [0.4, 0.5) is 0 Å². The quantitative estimate of drug-likeness (QED) is 0.797. The van der Waals surface area contributed by atoms with Gasteiger partial charge in [0.2, 0.25) is 15.9 Å². The fourth-order valence-corrected chi connectivity index (χ4v) is 3.28. The number of carbonyl (C=O) groups is 2. The van der Waals surface area contributed by atoms with E-state index in [0.717, 1.165) is 25.9 Å². The number of amides is 1. The SMILES string of the molecule is CC.CC(=O)C1CCN(CCS(=O)(=O)NC(=O)C(C)C)CC1.[HH]. The van der Waals surface area contributed by atoms with Crippen LogP contribution in [0.2, 0.25) is 0 Å². The normalized spacial score (nSPS) is 16.8. The van der Waals surface area contributed by atoms with E-state index in [1.165, 1.54) is 0 Å². The molecule has 0 saturated carbocycles. The average molecular weight is 336 g/mol. The summed E-state index contributed by atoms with van der Waals surface area (Å²) in [6.45, 7) is 10.8. The van der Waals surface area contributed by atoms with Crippen LogP contribution in [0.25, 0.3) is 0 Å². The number of hydrogen-bond acceptors (Lipinski definition) is 5. The molecule has 1 saturated heterocycles. The van der Waals surface area contributed by atoms with Crippen molar-refractivity contribution in [1.82, 2.24) is 9.62 Å². The third-order valence-electron chi connectivity index (χ3n) is 3.62. The first-order valence-electron chi connectivity index (χ1n) is 7.98. The molecule has 132 valence electrons. The molecular formula is C15H32N2O4S. The number of likely N-dealkylation sites (tertiary alicyclic amines) is 1. The number of sulfonamides is 1. The Morgan fingerprint density at radius 1 is 1.23 bits per heavy atom. The highest BCUT2D eigenvalue weighted by molar-refractivity contribution is 7.90. The zero-order valence-electron chi connectivity index (χ0n) is 14.4. The first-order chi connectivity index (χ1) is 10.2. The smallest absolute Gasteiger partial charge is 0.236 e. The summed E-state index contributed by atoms with van der Waals surface area (Å²) in [5.41, 5.74) is 0. The van der Waals surface area contributed by atoms with Crippen LogP contribution < -0.4 is 4.72 Å². The summed E-state index contributed by atoms with van der Waals surface area (Å²) in [7, 11) is -3.56. The number of Topliss-reactive ketones (excluding diaryl/α,β-unsaturated/α-hetero) is 1. The lowest BCUT2D eigenvalue weighted by Crippen LogP contribution is -2.42. The van der Waals surface area contributed by atoms with Crippen LogP contribution >= 0.6 is 0 Å². The summed E-state index contributed by atoms with van der Waals surface area (Å²) in [6.07, 6.45) is 1.57. The van der Waals surface area contributed by atoms with E-state index in [1.54, 1.807) is 20.8 Å². The largest absolute Gasteiger partial charge is 0.302 e. The van der Waals surface area contributed by atoms with Gasteiger partial charge in [0.25, 0.3) is 0 Å². The number of nitrogens with one attached hydrogen (secondary N) is 1. The van der Waals surface area contributed by atoms with E-state index in [4.69, 9.17) is 0 Å². The molecular weight excluding hydrogens is 304 g/mol. The van der Waals surface area contributed by atoms with Crippen molar-refractivity contribution >= 4 is 21.7 Å². The molecule has 1 N–H and O–H groups in total. The lowest BCUT2D eigenvalue weighted by Gasteiger charge is -2.30. The molecule has 1 amide bonds. The molecule has 1 aliphatic rings. The lowest BCUT2D eigenvalue weighted by atomic mass is 9.93. The van der Waals surface area contributed by atoms with E-state index in [9.17, 15) is 18.0 Å². The first-order valence-corrected chi connectivity index (χ1v) is 9.63. The Labute approximate surface area is 136 Å². The summed E-state index contributed by atoms with van der Waals surface area (Å²) >= 11 is 0. The van der Waals surface area contributed by atoms with Gasteiger partial charge in [-0.2, -0.15) is 0 Å². The minimum atomic E-state index is -3.56. The van der Waals surface area contributed by atoms with Crippen molar-refractivity contribution in [1.29, 1.82) is 0 Å². The zero-order valence-corrected chi connectivity index (χ0v) is 15.2. The molecule has 1 aliphatic heterocycles. The van der Waals surface area contributed by atoms with Crippen LogP contribution in [0.15, 0.2) is 0 Å². The number of hydrogen-bond donors (Lipinski definition) is 1. The van der Waals surface area contributed by atoms with Gasteiger partial charge in [-0.25, -0.2) is 8.42 Å². The fraction of sp³-hybridized carbons (Fsp3) is 0.867. The summed E-state index contributed by atoms with van der Waals surface area (Å²) in [5.74, 6) is -0.586. The van der Waals surface area contributed by atoms with E-state index in [0.29, 0.717) is 6.54 Å². The van der Waals surface area contributed by atoms with Crippen LogP contribution in [0, 0.1) is 11.8 Å². The Bertz CT molecular complexity index is 458. The predicted molar refractivity (Wildman–Crippen MR) is 90.1 cm³/mol. The molecule has 0 radical (unpaired) electrons. The van der Waals surface area contributed by atoms with Crippen molar-refractivity contribution in [3.05, 3.63) is 0 Å². The maximum Gasteiger partial charge on any atom is 0.236 e. The molecule has 0 aliphatic carbocycles. The van der Waals surface area contributed by atoms with Crippen molar-refractivity contribution in [2.45, 2.75) is 47.5 Å². The lowest BCUT2D eigenvalue weighted by molar-refractivity contribution is -0.123. The monoisotopic (exact) mass is 336 g/mol. The number of carbonyl (C=O) groups excluding carboxylic acids is 2. The van der Waals surface area contributed by atoms with Crippen molar-refractivity contribution in [3.8, 4) is 0 Å². The number of ketones is 1. The average Bonchev–Trinajstić information content (AvgIpc) is 2.47. The highest BCUT2D eigenvalue weighted by atomic mass is 32.2. The van der Waals surface area contributed by atoms with Crippen LogP contribution in [0.5, 0.6) is 0 Å². The molecule has 7 heteroatoms. The molecule has 0 spiro atoms. The minimum absolute atomic E-state index is 0. The van der Waals surface area contributed by atoms with E-state index < -0.39 is 15.9 Å². The fourth-order valence-electron chi connectivity index (χ4n) is 2.13. The van der Waals surface area contributed by atoms with Gasteiger partial charge in [-0.15, -0.1) is 0 Å². The molecule has 0 aromatic carbocycles. The zero-order chi connectivity index (χ0) is 17.3. The Balaban J connectivity index is 0. The van der Waals surface area contributed by atoms with Crippen LogP contribution in [0.3, 0.4) is 0 Å². The number of nitrogens with zero attached hydrogens (tertiary/aromatic N) is 1. The second kappa shape index (κ2) is 9.94. The van der Waals surface area contributed by atoms with Gasteiger partial charge in [0.1, 0.15) is 5.78 Å². The van der Waals surface area contributed by atoms with E-state index in [-0.39, 0.29) is 24.8 Å². The Kier molecular flexibility index (Phi) is 9.51. The molecule has 22 heavy (non-hydrogen) atoms. The van der Waals surface area contributed by atoms with Gasteiger partial charge in [0.15, 0.2) is 0 Å². The highest BCUT2D eigenvalue weighted by Gasteiger charge is 2.24. The van der Waals surface area contributed by atoms with Gasteiger partial charge in [0, 0.05) is 19.8 Å². The number of piperidine rings is 1. The Morgan fingerprint density at radius 3 is 2.14 bits per heavy atom. The van der Waals surface area contributed by atoms with E-state index in [1.807, 2.05) is 18.7 Å². The van der Waals surface area contributed by atoms with Crippen LogP contribution in [-0.4, -0.2) is 50.4 Å². The molecule has 0 unspecified atom stereocenters. The number of rotatable bonds is 6. The molecule has 0 aromatic heterocycles. The molecule has 0 bridgehead atoms. The molecule has 0 aromatic rings. The van der Waals surface area contributed by atoms with Crippen molar-refractivity contribution in [3.63, 3.8) is 0 Å². The highest BCUT2D eigenvalue weighted by Crippen LogP contribution is 2.17. The predicted octanol–water partition coefficient (Wildman–Crippen LogP) is 1.66. The third-order valence-corrected chi connectivity index (χ3v) is 4.85. The minimum Gasteiger partial charge on any atom is -0.302 e. The summed E-state index contributed by atoms with van der Waals surface area (Å²) in [4.78, 5) is 24.7. The standard InChI is InChI=1S/C13H24N2O4S.C2H6.H2/c1-10(2)13(17)14-20(18,19)9-8-15-6-4-12(5-7-15)11(3)16;1-2;/h10,12H,4-9H2,1-3H3,(H,14,17);1-2H3;1H. The molecule has 1 rings (SSSR count). The maximum absolute atomic E-state index is 11.7. The van der Waals surface area contributed by atoms with Gasteiger partial charge in [-0.3, -0.25) is 14.3 Å². The van der Waals surface area contributed by atoms with Crippen molar-refractivity contribution in [2.24, 2.45) is 11.8 Å². The maximum atomic E-state index is 11.7. The summed E-state index contributed by atoms with van der Waals surface area (Å²) < 4.78 is 25.6. The second-order valence-electron chi connectivity index (χ2n) is 5.67. The third kappa shape index (κ3) is 7.89. The van der Waals surface area contributed by atoms with Crippen LogP contribution in [0.1, 0.15) is 48.9 Å².